The van der Waals surface area contributed by atoms with Crippen molar-refractivity contribution in [1.29, 1.82) is 0 Å². The van der Waals surface area contributed by atoms with Crippen LogP contribution in [0.25, 0.3) is 10.9 Å². The summed E-state index contributed by atoms with van der Waals surface area (Å²) >= 11 is 5.93. The maximum atomic E-state index is 12.5. The van der Waals surface area contributed by atoms with Crippen LogP contribution in [-0.2, 0) is 5.88 Å². The Bertz CT molecular complexity index is 619. The molecule has 1 aromatic carbocycles. The Hall–Kier alpha value is -1.35. The second-order valence-corrected chi connectivity index (χ2v) is 5.11. The summed E-state index contributed by atoms with van der Waals surface area (Å²) < 4.78 is 1.72. The zero-order valence-corrected chi connectivity index (χ0v) is 11.6. The number of alkyl halides is 1. The third kappa shape index (κ3) is 2.15. The molecule has 2 aromatic rings. The summed E-state index contributed by atoms with van der Waals surface area (Å²) in [6.07, 6.45) is 0. The molecule has 0 fully saturated rings. The van der Waals surface area contributed by atoms with Gasteiger partial charge >= 0.3 is 0 Å². The molecular formula is C14H17ClN2O. The monoisotopic (exact) mass is 264 g/mol. The summed E-state index contributed by atoms with van der Waals surface area (Å²) in [5.74, 6) is 1.24. The molecule has 0 aliphatic heterocycles. The predicted octanol–water partition coefficient (Wildman–Crippen LogP) is 3.35. The van der Waals surface area contributed by atoms with Crippen molar-refractivity contribution in [2.24, 2.45) is 5.92 Å². The molecule has 1 unspecified atom stereocenters. The van der Waals surface area contributed by atoms with E-state index in [0.29, 0.717) is 22.6 Å². The average molecular weight is 265 g/mol. The molecular weight excluding hydrogens is 248 g/mol. The largest absolute Gasteiger partial charge is 0.292 e. The van der Waals surface area contributed by atoms with Gasteiger partial charge in [0.1, 0.15) is 5.82 Å². The Balaban J connectivity index is 2.78. The van der Waals surface area contributed by atoms with Crippen LogP contribution in [0.1, 0.15) is 32.6 Å². The molecule has 0 spiro atoms. The van der Waals surface area contributed by atoms with Gasteiger partial charge in [0.15, 0.2) is 0 Å². The highest BCUT2D eigenvalue weighted by Gasteiger charge is 2.17. The first-order valence-corrected chi connectivity index (χ1v) is 6.65. The fourth-order valence-electron chi connectivity index (χ4n) is 2.00. The third-order valence-electron chi connectivity index (χ3n) is 3.37. The van der Waals surface area contributed by atoms with Gasteiger partial charge in [0.25, 0.3) is 5.56 Å². The van der Waals surface area contributed by atoms with Gasteiger partial charge in [-0.3, -0.25) is 9.36 Å². The van der Waals surface area contributed by atoms with Crippen LogP contribution in [0.5, 0.6) is 0 Å². The minimum absolute atomic E-state index is 0.00236. The Labute approximate surface area is 111 Å². The van der Waals surface area contributed by atoms with Crippen LogP contribution in [-0.4, -0.2) is 9.55 Å². The molecule has 4 heteroatoms. The first kappa shape index (κ1) is 13.1. The number of aromatic nitrogens is 2. The molecule has 0 aliphatic carbocycles. The summed E-state index contributed by atoms with van der Waals surface area (Å²) in [7, 11) is 0. The zero-order chi connectivity index (χ0) is 13.3. The Morgan fingerprint density at radius 3 is 2.56 bits per heavy atom. The van der Waals surface area contributed by atoms with Crippen LogP contribution in [0.15, 0.2) is 29.1 Å². The number of hydrogen-bond acceptors (Lipinski definition) is 2. The van der Waals surface area contributed by atoms with E-state index in [1.54, 1.807) is 4.57 Å². The number of fused-ring (bicyclic) bond motifs is 1. The molecule has 0 saturated carbocycles. The fourth-order valence-corrected chi connectivity index (χ4v) is 2.19. The van der Waals surface area contributed by atoms with Gasteiger partial charge in [0.05, 0.1) is 16.8 Å². The van der Waals surface area contributed by atoms with E-state index in [2.05, 4.69) is 18.8 Å². The van der Waals surface area contributed by atoms with E-state index in [-0.39, 0.29) is 17.5 Å². The van der Waals surface area contributed by atoms with Gasteiger partial charge in [-0.05, 0) is 25.0 Å². The van der Waals surface area contributed by atoms with E-state index in [0.717, 1.165) is 0 Å². The lowest BCUT2D eigenvalue weighted by Crippen LogP contribution is -2.30. The van der Waals surface area contributed by atoms with Crippen molar-refractivity contribution >= 4 is 22.5 Å². The van der Waals surface area contributed by atoms with Gasteiger partial charge in [-0.1, -0.05) is 26.0 Å². The summed E-state index contributed by atoms with van der Waals surface area (Å²) in [5, 5.41) is 0.652. The Kier molecular flexibility index (Phi) is 3.71. The molecule has 1 aromatic heterocycles. The number of hydrogen-bond donors (Lipinski definition) is 0. The van der Waals surface area contributed by atoms with Crippen molar-refractivity contribution in [1.82, 2.24) is 9.55 Å². The minimum atomic E-state index is -0.00236. The molecule has 0 saturated heterocycles. The first-order valence-electron chi connectivity index (χ1n) is 6.12. The lowest BCUT2D eigenvalue weighted by Gasteiger charge is -2.21. The maximum Gasteiger partial charge on any atom is 0.261 e. The molecule has 1 atom stereocenters. The highest BCUT2D eigenvalue weighted by Crippen LogP contribution is 2.19. The third-order valence-corrected chi connectivity index (χ3v) is 3.61. The molecule has 18 heavy (non-hydrogen) atoms. The highest BCUT2D eigenvalue weighted by molar-refractivity contribution is 6.16. The van der Waals surface area contributed by atoms with Crippen molar-refractivity contribution < 1.29 is 0 Å². The zero-order valence-electron chi connectivity index (χ0n) is 10.9. The lowest BCUT2D eigenvalue weighted by atomic mass is 10.1. The summed E-state index contributed by atoms with van der Waals surface area (Å²) in [6.45, 7) is 6.20. The first-order chi connectivity index (χ1) is 8.56. The van der Waals surface area contributed by atoms with E-state index in [1.165, 1.54) is 0 Å². The molecule has 0 bridgehead atoms. The molecule has 0 radical (unpaired) electrons. The number of rotatable bonds is 3. The maximum absolute atomic E-state index is 12.5. The van der Waals surface area contributed by atoms with E-state index < -0.39 is 0 Å². The normalized spacial score (nSPS) is 13.2. The van der Waals surface area contributed by atoms with Gasteiger partial charge < -0.3 is 0 Å². The van der Waals surface area contributed by atoms with Crippen LogP contribution in [0.3, 0.4) is 0 Å². The summed E-state index contributed by atoms with van der Waals surface area (Å²) in [5.41, 5.74) is 0.711. The average Bonchev–Trinajstić information content (AvgIpc) is 2.37. The van der Waals surface area contributed by atoms with E-state index in [9.17, 15) is 4.79 Å². The molecule has 1 heterocycles. The van der Waals surface area contributed by atoms with Crippen molar-refractivity contribution in [3.8, 4) is 0 Å². The minimum Gasteiger partial charge on any atom is -0.292 e. The Morgan fingerprint density at radius 1 is 1.28 bits per heavy atom. The van der Waals surface area contributed by atoms with Gasteiger partial charge in [-0.2, -0.15) is 0 Å². The second kappa shape index (κ2) is 5.11. The van der Waals surface area contributed by atoms with Crippen molar-refractivity contribution in [2.75, 3.05) is 0 Å². The van der Waals surface area contributed by atoms with Crippen LogP contribution in [0.4, 0.5) is 0 Å². The molecule has 0 amide bonds. The quantitative estimate of drug-likeness (QED) is 0.797. The predicted molar refractivity (Wildman–Crippen MR) is 75.1 cm³/mol. The van der Waals surface area contributed by atoms with Gasteiger partial charge in [-0.15, -0.1) is 11.6 Å². The number of para-hydroxylation sites is 1. The molecule has 0 aliphatic rings. The van der Waals surface area contributed by atoms with E-state index in [4.69, 9.17) is 11.6 Å². The molecule has 96 valence electrons. The smallest absolute Gasteiger partial charge is 0.261 e. The SMILES string of the molecule is CC(C)C(C)n1c(CCl)nc2ccccc2c1=O. The van der Waals surface area contributed by atoms with Crippen molar-refractivity contribution in [3.63, 3.8) is 0 Å². The molecule has 3 nitrogen and oxygen atoms in total. The lowest BCUT2D eigenvalue weighted by molar-refractivity contribution is 0.387. The van der Waals surface area contributed by atoms with Crippen LogP contribution in [0.2, 0.25) is 0 Å². The topological polar surface area (TPSA) is 34.9 Å². The number of benzene rings is 1. The van der Waals surface area contributed by atoms with E-state index >= 15 is 0 Å². The summed E-state index contributed by atoms with van der Waals surface area (Å²) in [6, 6.07) is 7.48. The van der Waals surface area contributed by atoms with E-state index in [1.807, 2.05) is 31.2 Å². The second-order valence-electron chi connectivity index (χ2n) is 4.84. The van der Waals surface area contributed by atoms with Crippen LogP contribution >= 0.6 is 11.6 Å². The van der Waals surface area contributed by atoms with Gasteiger partial charge in [0, 0.05) is 6.04 Å². The number of nitrogens with zero attached hydrogens (tertiary/aromatic N) is 2. The summed E-state index contributed by atoms with van der Waals surface area (Å²) in [4.78, 5) is 17.0. The van der Waals surface area contributed by atoms with Crippen LogP contribution < -0.4 is 5.56 Å². The van der Waals surface area contributed by atoms with Crippen LogP contribution in [0, 0.1) is 5.92 Å². The molecule has 0 N–H and O–H groups in total. The fraction of sp³-hybridized carbons (Fsp3) is 0.429. The Morgan fingerprint density at radius 2 is 1.94 bits per heavy atom. The van der Waals surface area contributed by atoms with Gasteiger partial charge in [0.2, 0.25) is 0 Å². The standard InChI is InChI=1S/C14H17ClN2O/c1-9(2)10(3)17-13(8-15)16-12-7-5-4-6-11(12)14(17)18/h4-7,9-10H,8H2,1-3H3. The number of halogens is 1. The molecule has 2 rings (SSSR count). The van der Waals surface area contributed by atoms with Crippen molar-refractivity contribution in [3.05, 3.63) is 40.4 Å². The highest BCUT2D eigenvalue weighted by atomic mass is 35.5. The van der Waals surface area contributed by atoms with Crippen molar-refractivity contribution in [2.45, 2.75) is 32.7 Å². The van der Waals surface area contributed by atoms with Gasteiger partial charge in [-0.25, -0.2) is 4.98 Å².